The molecule has 1 aromatic carbocycles. The van der Waals surface area contributed by atoms with Crippen molar-refractivity contribution in [2.75, 3.05) is 0 Å². The van der Waals surface area contributed by atoms with Gasteiger partial charge in [-0.15, -0.1) is 0 Å². The van der Waals surface area contributed by atoms with Crippen molar-refractivity contribution >= 4 is 16.5 Å². The molecule has 0 aliphatic rings. The maximum absolute atomic E-state index is 4.25. The van der Waals surface area contributed by atoms with Crippen LogP contribution in [0.25, 0.3) is 16.5 Å². The molecule has 0 saturated heterocycles. The van der Waals surface area contributed by atoms with E-state index in [-0.39, 0.29) is 0 Å². The van der Waals surface area contributed by atoms with Crippen LogP contribution in [-0.4, -0.2) is 9.97 Å². The summed E-state index contributed by atoms with van der Waals surface area (Å²) in [6.07, 6.45) is 2.04. The average molecular weight is 236 g/mol. The normalized spacial score (nSPS) is 11.0. The SMILES string of the molecule is C=C(c1cc(C)[nH]c1C)c1c[nH]c2ccccc12. The molecule has 0 spiro atoms. The Hall–Kier alpha value is -2.22. The number of fused-ring (bicyclic) bond motifs is 1. The molecule has 3 rings (SSSR count). The highest BCUT2D eigenvalue weighted by molar-refractivity contribution is 5.96. The second kappa shape index (κ2) is 3.91. The quantitative estimate of drug-likeness (QED) is 0.669. The van der Waals surface area contributed by atoms with Crippen molar-refractivity contribution in [2.45, 2.75) is 13.8 Å². The molecular weight excluding hydrogens is 220 g/mol. The summed E-state index contributed by atoms with van der Waals surface area (Å²) >= 11 is 0. The van der Waals surface area contributed by atoms with E-state index in [9.17, 15) is 0 Å². The summed E-state index contributed by atoms with van der Waals surface area (Å²) in [4.78, 5) is 6.62. The van der Waals surface area contributed by atoms with E-state index in [0.29, 0.717) is 0 Å². The molecule has 0 unspecified atom stereocenters. The summed E-state index contributed by atoms with van der Waals surface area (Å²) in [5.74, 6) is 0. The van der Waals surface area contributed by atoms with Gasteiger partial charge >= 0.3 is 0 Å². The van der Waals surface area contributed by atoms with Crippen LogP contribution < -0.4 is 0 Å². The van der Waals surface area contributed by atoms with Crippen LogP contribution in [0.1, 0.15) is 22.5 Å². The first-order valence-corrected chi connectivity index (χ1v) is 6.09. The number of aryl methyl sites for hydroxylation is 2. The molecule has 2 N–H and O–H groups in total. The molecule has 2 heteroatoms. The van der Waals surface area contributed by atoms with Crippen molar-refractivity contribution in [1.82, 2.24) is 9.97 Å². The summed E-state index contributed by atoms with van der Waals surface area (Å²) in [7, 11) is 0. The summed E-state index contributed by atoms with van der Waals surface area (Å²) in [6, 6.07) is 10.5. The molecule has 0 amide bonds. The van der Waals surface area contributed by atoms with E-state index in [2.05, 4.69) is 54.7 Å². The molecule has 3 aromatic rings. The zero-order chi connectivity index (χ0) is 12.7. The standard InChI is InChI=1S/C16H16N2/c1-10-8-14(12(3)18-10)11(2)15-9-17-16-7-5-4-6-13(15)16/h4-9,17-18H,2H2,1,3H3. The number of benzene rings is 1. The van der Waals surface area contributed by atoms with Crippen molar-refractivity contribution in [2.24, 2.45) is 0 Å². The Balaban J connectivity index is 2.15. The van der Waals surface area contributed by atoms with Crippen LogP contribution in [-0.2, 0) is 0 Å². The van der Waals surface area contributed by atoms with Gasteiger partial charge in [-0.25, -0.2) is 0 Å². The second-order valence-corrected chi connectivity index (χ2v) is 4.72. The van der Waals surface area contributed by atoms with Crippen molar-refractivity contribution < 1.29 is 0 Å². The highest BCUT2D eigenvalue weighted by Gasteiger charge is 2.11. The van der Waals surface area contributed by atoms with Crippen LogP contribution in [0.3, 0.4) is 0 Å². The van der Waals surface area contributed by atoms with E-state index in [1.54, 1.807) is 0 Å². The highest BCUT2D eigenvalue weighted by atomic mass is 14.7. The fourth-order valence-corrected chi connectivity index (χ4v) is 2.50. The maximum Gasteiger partial charge on any atom is 0.0460 e. The Morgan fingerprint density at radius 2 is 1.89 bits per heavy atom. The average Bonchev–Trinajstić information content (AvgIpc) is 2.92. The van der Waals surface area contributed by atoms with Gasteiger partial charge in [0, 0.05) is 39.6 Å². The zero-order valence-electron chi connectivity index (χ0n) is 10.7. The first-order valence-electron chi connectivity index (χ1n) is 6.09. The molecule has 0 aliphatic carbocycles. The fourth-order valence-electron chi connectivity index (χ4n) is 2.50. The molecule has 2 heterocycles. The number of para-hydroxylation sites is 1. The first-order chi connectivity index (χ1) is 8.66. The summed E-state index contributed by atoms with van der Waals surface area (Å²) in [5.41, 5.74) is 6.92. The number of nitrogens with one attached hydrogen (secondary N) is 2. The minimum absolute atomic E-state index is 1.06. The van der Waals surface area contributed by atoms with E-state index in [1.165, 1.54) is 27.9 Å². The van der Waals surface area contributed by atoms with E-state index in [4.69, 9.17) is 0 Å². The maximum atomic E-state index is 4.25. The molecule has 0 bridgehead atoms. The molecule has 18 heavy (non-hydrogen) atoms. The van der Waals surface area contributed by atoms with E-state index in [0.717, 1.165) is 11.1 Å². The van der Waals surface area contributed by atoms with Gasteiger partial charge in [0.05, 0.1) is 0 Å². The van der Waals surface area contributed by atoms with Gasteiger partial charge in [-0.1, -0.05) is 24.8 Å². The number of rotatable bonds is 2. The fraction of sp³-hybridized carbons (Fsp3) is 0.125. The Bertz CT molecular complexity index is 728. The van der Waals surface area contributed by atoms with Gasteiger partial charge < -0.3 is 9.97 Å². The van der Waals surface area contributed by atoms with Gasteiger partial charge in [-0.3, -0.25) is 0 Å². The van der Waals surface area contributed by atoms with E-state index < -0.39 is 0 Å². The number of aromatic amines is 2. The van der Waals surface area contributed by atoms with Gasteiger partial charge in [0.1, 0.15) is 0 Å². The molecular formula is C16H16N2. The van der Waals surface area contributed by atoms with Crippen LogP contribution in [0.15, 0.2) is 43.1 Å². The summed E-state index contributed by atoms with van der Waals surface area (Å²) in [5, 5.41) is 1.22. The molecule has 0 saturated carbocycles. The van der Waals surface area contributed by atoms with Gasteiger partial charge in [-0.2, -0.15) is 0 Å². The minimum Gasteiger partial charge on any atom is -0.362 e. The lowest BCUT2D eigenvalue weighted by Crippen LogP contribution is -1.85. The van der Waals surface area contributed by atoms with Crippen LogP contribution >= 0.6 is 0 Å². The van der Waals surface area contributed by atoms with Crippen molar-refractivity contribution in [1.29, 1.82) is 0 Å². The third-order valence-electron chi connectivity index (χ3n) is 3.39. The molecule has 2 aromatic heterocycles. The van der Waals surface area contributed by atoms with Crippen molar-refractivity contribution in [3.05, 3.63) is 65.6 Å². The Morgan fingerprint density at radius 1 is 1.11 bits per heavy atom. The number of hydrogen-bond donors (Lipinski definition) is 2. The lowest BCUT2D eigenvalue weighted by molar-refractivity contribution is 1.18. The topological polar surface area (TPSA) is 31.6 Å². The van der Waals surface area contributed by atoms with Crippen molar-refractivity contribution in [3.63, 3.8) is 0 Å². The number of hydrogen-bond acceptors (Lipinski definition) is 0. The zero-order valence-corrected chi connectivity index (χ0v) is 10.7. The van der Waals surface area contributed by atoms with Crippen LogP contribution in [0.2, 0.25) is 0 Å². The monoisotopic (exact) mass is 236 g/mol. The van der Waals surface area contributed by atoms with Crippen LogP contribution in [0.5, 0.6) is 0 Å². The molecule has 0 fully saturated rings. The van der Waals surface area contributed by atoms with E-state index in [1.807, 2.05) is 12.3 Å². The molecule has 0 aliphatic heterocycles. The number of H-pyrrole nitrogens is 2. The summed E-state index contributed by atoms with van der Waals surface area (Å²) in [6.45, 7) is 8.41. The van der Waals surface area contributed by atoms with Gasteiger partial charge in [0.25, 0.3) is 0 Å². The third kappa shape index (κ3) is 1.58. The lowest BCUT2D eigenvalue weighted by Gasteiger charge is -2.03. The van der Waals surface area contributed by atoms with Crippen LogP contribution in [0.4, 0.5) is 0 Å². The van der Waals surface area contributed by atoms with Gasteiger partial charge in [0.15, 0.2) is 0 Å². The van der Waals surface area contributed by atoms with E-state index >= 15 is 0 Å². The predicted molar refractivity (Wildman–Crippen MR) is 76.7 cm³/mol. The lowest BCUT2D eigenvalue weighted by atomic mass is 9.99. The van der Waals surface area contributed by atoms with Crippen molar-refractivity contribution in [3.8, 4) is 0 Å². The molecule has 2 nitrogen and oxygen atoms in total. The van der Waals surface area contributed by atoms with Crippen LogP contribution in [0, 0.1) is 13.8 Å². The second-order valence-electron chi connectivity index (χ2n) is 4.72. The smallest absolute Gasteiger partial charge is 0.0460 e. The number of aromatic nitrogens is 2. The summed E-state index contributed by atoms with van der Waals surface area (Å²) < 4.78 is 0. The Morgan fingerprint density at radius 3 is 2.61 bits per heavy atom. The Kier molecular flexibility index (Phi) is 2.37. The highest BCUT2D eigenvalue weighted by Crippen LogP contribution is 2.30. The Labute approximate surface area is 106 Å². The van der Waals surface area contributed by atoms with Gasteiger partial charge in [0.2, 0.25) is 0 Å². The molecule has 0 radical (unpaired) electrons. The predicted octanol–water partition coefficient (Wildman–Crippen LogP) is 4.17. The first kappa shape index (κ1) is 10.9. The molecule has 0 atom stereocenters. The third-order valence-corrected chi connectivity index (χ3v) is 3.39. The minimum atomic E-state index is 1.06. The van der Waals surface area contributed by atoms with Gasteiger partial charge in [-0.05, 0) is 31.6 Å². The molecule has 90 valence electrons. The largest absolute Gasteiger partial charge is 0.362 e.